The molecule has 0 bridgehead atoms. The molecule has 1 saturated heterocycles. The van der Waals surface area contributed by atoms with Gasteiger partial charge in [-0.25, -0.2) is 0 Å². The van der Waals surface area contributed by atoms with Crippen LogP contribution in [0.25, 0.3) is 0 Å². The van der Waals surface area contributed by atoms with E-state index in [2.05, 4.69) is 24.0 Å². The minimum Gasteiger partial charge on any atom is -0.393 e. The van der Waals surface area contributed by atoms with Crippen LogP contribution >= 0.6 is 0 Å². The Kier molecular flexibility index (Phi) is 3.24. The number of likely N-dealkylation sites (tertiary alicyclic amines) is 1. The fraction of sp³-hybridized carbons (Fsp3) is 0.833. The molecule has 1 aliphatic heterocycles. The van der Waals surface area contributed by atoms with Crippen molar-refractivity contribution in [2.75, 3.05) is 13.1 Å². The number of nitrogens with zero attached hydrogens (tertiary/aromatic N) is 1. The number of aliphatic hydroxyl groups is 1. The largest absolute Gasteiger partial charge is 0.393 e. The summed E-state index contributed by atoms with van der Waals surface area (Å²) in [5.41, 5.74) is 0. The van der Waals surface area contributed by atoms with Crippen molar-refractivity contribution in [2.45, 2.75) is 44.8 Å². The van der Waals surface area contributed by atoms with Crippen LogP contribution in [0.4, 0.5) is 0 Å². The molecule has 0 radical (unpaired) electrons. The predicted octanol–water partition coefficient (Wildman–Crippen LogP) is 1.80. The first-order chi connectivity index (χ1) is 6.77. The molecule has 14 heavy (non-hydrogen) atoms. The van der Waals surface area contributed by atoms with E-state index in [1.807, 2.05) is 0 Å². The molecule has 0 aromatic rings. The topological polar surface area (TPSA) is 23.5 Å². The van der Waals surface area contributed by atoms with Gasteiger partial charge in [-0.2, -0.15) is 0 Å². The number of allylic oxidation sites excluding steroid dienone is 1. The van der Waals surface area contributed by atoms with Crippen LogP contribution in [0.5, 0.6) is 0 Å². The Hall–Kier alpha value is -0.340. The molecule has 0 aromatic carbocycles. The molecular formula is C12H21NO. The Labute approximate surface area is 86.6 Å². The molecule has 0 amide bonds. The summed E-state index contributed by atoms with van der Waals surface area (Å²) in [5.74, 6) is 0.444. The lowest BCUT2D eigenvalue weighted by Crippen LogP contribution is -2.46. The third-order valence-electron chi connectivity index (χ3n) is 3.59. The third-order valence-corrected chi connectivity index (χ3v) is 3.59. The smallest absolute Gasteiger partial charge is 0.0590 e. The molecule has 2 nitrogen and oxygen atoms in total. The molecule has 2 heteroatoms. The molecule has 1 N–H and O–H groups in total. The summed E-state index contributed by atoms with van der Waals surface area (Å²) in [6.45, 7) is 4.29. The van der Waals surface area contributed by atoms with E-state index < -0.39 is 0 Å². The fourth-order valence-corrected chi connectivity index (χ4v) is 2.57. The third kappa shape index (κ3) is 2.18. The standard InChI is InChI=1S/C12H21NO/c1-10-9-13(8-7-12(10)14)11-5-3-2-4-6-11/h3,5,10-12,14H,2,4,6-9H2,1H3. The summed E-state index contributed by atoms with van der Waals surface area (Å²) in [5, 5.41) is 9.65. The normalized spacial score (nSPS) is 40.0. The first kappa shape index (κ1) is 10.2. The van der Waals surface area contributed by atoms with E-state index >= 15 is 0 Å². The molecule has 1 fully saturated rings. The van der Waals surface area contributed by atoms with Gasteiger partial charge in [0.25, 0.3) is 0 Å². The highest BCUT2D eigenvalue weighted by Gasteiger charge is 2.27. The van der Waals surface area contributed by atoms with Gasteiger partial charge in [0.15, 0.2) is 0 Å². The second kappa shape index (κ2) is 4.45. The van der Waals surface area contributed by atoms with Gasteiger partial charge in [0.2, 0.25) is 0 Å². The maximum absolute atomic E-state index is 9.65. The number of aliphatic hydroxyl groups excluding tert-OH is 1. The van der Waals surface area contributed by atoms with E-state index in [1.165, 1.54) is 19.3 Å². The van der Waals surface area contributed by atoms with Crippen LogP contribution in [0.1, 0.15) is 32.6 Å². The van der Waals surface area contributed by atoms with Gasteiger partial charge in [-0.3, -0.25) is 4.90 Å². The van der Waals surface area contributed by atoms with E-state index in [9.17, 15) is 5.11 Å². The number of hydrogen-bond acceptors (Lipinski definition) is 2. The fourth-order valence-electron chi connectivity index (χ4n) is 2.57. The van der Waals surface area contributed by atoms with Crippen molar-refractivity contribution in [1.82, 2.24) is 4.90 Å². The lowest BCUT2D eigenvalue weighted by Gasteiger charge is -2.39. The molecule has 0 saturated carbocycles. The minimum absolute atomic E-state index is 0.0705. The van der Waals surface area contributed by atoms with Gasteiger partial charge in [-0.05, 0) is 31.6 Å². The second-order valence-corrected chi connectivity index (χ2v) is 4.75. The maximum atomic E-state index is 9.65. The maximum Gasteiger partial charge on any atom is 0.0590 e. The van der Waals surface area contributed by atoms with Gasteiger partial charge < -0.3 is 5.11 Å². The Morgan fingerprint density at radius 1 is 1.36 bits per heavy atom. The van der Waals surface area contributed by atoms with Gasteiger partial charge in [-0.1, -0.05) is 19.1 Å². The molecule has 3 unspecified atom stereocenters. The first-order valence-electron chi connectivity index (χ1n) is 5.86. The van der Waals surface area contributed by atoms with Gasteiger partial charge in [-0.15, -0.1) is 0 Å². The van der Waals surface area contributed by atoms with Crippen LogP contribution < -0.4 is 0 Å². The Morgan fingerprint density at radius 3 is 2.86 bits per heavy atom. The Balaban J connectivity index is 1.92. The van der Waals surface area contributed by atoms with Crippen LogP contribution in [-0.4, -0.2) is 35.2 Å². The van der Waals surface area contributed by atoms with Crippen LogP contribution in [0.3, 0.4) is 0 Å². The zero-order valence-electron chi connectivity index (χ0n) is 9.02. The van der Waals surface area contributed by atoms with Crippen LogP contribution in [0.15, 0.2) is 12.2 Å². The Bertz CT molecular complexity index is 214. The van der Waals surface area contributed by atoms with Crippen molar-refractivity contribution in [3.05, 3.63) is 12.2 Å². The summed E-state index contributed by atoms with van der Waals surface area (Å²) < 4.78 is 0. The van der Waals surface area contributed by atoms with E-state index in [1.54, 1.807) is 0 Å². The molecule has 2 aliphatic rings. The lowest BCUT2D eigenvalue weighted by molar-refractivity contribution is 0.0228. The van der Waals surface area contributed by atoms with Gasteiger partial charge in [0, 0.05) is 19.1 Å². The quantitative estimate of drug-likeness (QED) is 0.645. The van der Waals surface area contributed by atoms with Crippen molar-refractivity contribution in [2.24, 2.45) is 5.92 Å². The van der Waals surface area contributed by atoms with Gasteiger partial charge >= 0.3 is 0 Å². The van der Waals surface area contributed by atoms with Crippen molar-refractivity contribution in [1.29, 1.82) is 0 Å². The highest BCUT2D eigenvalue weighted by molar-refractivity contribution is 4.99. The molecule has 0 spiro atoms. The summed E-state index contributed by atoms with van der Waals surface area (Å²) in [7, 11) is 0. The summed E-state index contributed by atoms with van der Waals surface area (Å²) in [6.07, 6.45) is 9.43. The molecule has 3 atom stereocenters. The van der Waals surface area contributed by atoms with Crippen molar-refractivity contribution in [3.8, 4) is 0 Å². The van der Waals surface area contributed by atoms with Crippen LogP contribution in [-0.2, 0) is 0 Å². The number of piperidine rings is 1. The molecular weight excluding hydrogens is 174 g/mol. The van der Waals surface area contributed by atoms with E-state index in [4.69, 9.17) is 0 Å². The molecule has 80 valence electrons. The summed E-state index contributed by atoms with van der Waals surface area (Å²) in [6, 6.07) is 0.652. The SMILES string of the molecule is CC1CN(C2C=CCCC2)CCC1O. The average Bonchev–Trinajstić information content (AvgIpc) is 2.23. The number of hydrogen-bond donors (Lipinski definition) is 1. The molecule has 1 heterocycles. The van der Waals surface area contributed by atoms with Gasteiger partial charge in [0.05, 0.1) is 6.10 Å². The highest BCUT2D eigenvalue weighted by atomic mass is 16.3. The lowest BCUT2D eigenvalue weighted by atomic mass is 9.93. The van der Waals surface area contributed by atoms with E-state index in [0.717, 1.165) is 19.5 Å². The van der Waals surface area contributed by atoms with E-state index in [0.29, 0.717) is 12.0 Å². The second-order valence-electron chi connectivity index (χ2n) is 4.75. The Morgan fingerprint density at radius 2 is 2.21 bits per heavy atom. The predicted molar refractivity (Wildman–Crippen MR) is 58.1 cm³/mol. The molecule has 0 aromatic heterocycles. The van der Waals surface area contributed by atoms with Crippen molar-refractivity contribution < 1.29 is 5.11 Å². The highest BCUT2D eigenvalue weighted by Crippen LogP contribution is 2.23. The van der Waals surface area contributed by atoms with Crippen molar-refractivity contribution in [3.63, 3.8) is 0 Å². The molecule has 1 aliphatic carbocycles. The minimum atomic E-state index is -0.0705. The zero-order chi connectivity index (χ0) is 9.97. The summed E-state index contributed by atoms with van der Waals surface area (Å²) >= 11 is 0. The zero-order valence-corrected chi connectivity index (χ0v) is 9.02. The molecule has 2 rings (SSSR count). The number of rotatable bonds is 1. The van der Waals surface area contributed by atoms with Crippen molar-refractivity contribution >= 4 is 0 Å². The van der Waals surface area contributed by atoms with Crippen LogP contribution in [0, 0.1) is 5.92 Å². The average molecular weight is 195 g/mol. The first-order valence-corrected chi connectivity index (χ1v) is 5.86. The van der Waals surface area contributed by atoms with Crippen LogP contribution in [0.2, 0.25) is 0 Å². The van der Waals surface area contributed by atoms with E-state index in [-0.39, 0.29) is 6.10 Å². The summed E-state index contributed by atoms with van der Waals surface area (Å²) in [4.78, 5) is 2.53. The van der Waals surface area contributed by atoms with Gasteiger partial charge in [0.1, 0.15) is 0 Å². The monoisotopic (exact) mass is 195 g/mol.